The Morgan fingerprint density at radius 1 is 1.16 bits per heavy atom. The summed E-state index contributed by atoms with van der Waals surface area (Å²) in [4.78, 5) is 4.44. The van der Waals surface area contributed by atoms with Gasteiger partial charge in [-0.25, -0.2) is 4.39 Å². The molecule has 0 atom stereocenters. The second-order valence-electron chi connectivity index (χ2n) is 5.12. The molecular formula is C15H26FN3. The van der Waals surface area contributed by atoms with Crippen molar-refractivity contribution >= 4 is 0 Å². The maximum atomic E-state index is 14.1. The topological polar surface area (TPSA) is 32.5 Å². The van der Waals surface area contributed by atoms with Crippen LogP contribution in [0.5, 0.6) is 0 Å². The summed E-state index contributed by atoms with van der Waals surface area (Å²) in [6.07, 6.45) is 1.10. The molecule has 0 fully saturated rings. The fourth-order valence-electron chi connectivity index (χ4n) is 2.11. The van der Waals surface area contributed by atoms with Gasteiger partial charge in [0.1, 0.15) is 5.82 Å². The Hall–Kier alpha value is -0.970. The molecule has 108 valence electrons. The third-order valence-corrected chi connectivity index (χ3v) is 3.30. The van der Waals surface area contributed by atoms with Crippen LogP contribution >= 0.6 is 0 Å². The van der Waals surface area contributed by atoms with Gasteiger partial charge in [0, 0.05) is 24.2 Å². The first-order chi connectivity index (χ1) is 9.08. The number of nitrogens with two attached hydrogens (primary N) is 1. The number of nitrogens with zero attached hydrogens (tertiary/aromatic N) is 2. The number of rotatable bonds is 8. The fourth-order valence-corrected chi connectivity index (χ4v) is 2.11. The first kappa shape index (κ1) is 16.1. The highest BCUT2D eigenvalue weighted by Gasteiger charge is 2.10. The van der Waals surface area contributed by atoms with Crippen LogP contribution in [-0.2, 0) is 13.1 Å². The van der Waals surface area contributed by atoms with Gasteiger partial charge in [-0.15, -0.1) is 0 Å². The van der Waals surface area contributed by atoms with Gasteiger partial charge in [-0.2, -0.15) is 0 Å². The van der Waals surface area contributed by atoms with Crippen LogP contribution in [0.2, 0.25) is 0 Å². The van der Waals surface area contributed by atoms with Crippen molar-refractivity contribution in [3.8, 4) is 0 Å². The van der Waals surface area contributed by atoms with E-state index in [1.807, 2.05) is 12.1 Å². The molecule has 0 amide bonds. The minimum Gasteiger partial charge on any atom is -0.326 e. The van der Waals surface area contributed by atoms with Crippen molar-refractivity contribution in [1.29, 1.82) is 0 Å². The van der Waals surface area contributed by atoms with E-state index in [0.717, 1.165) is 31.6 Å². The van der Waals surface area contributed by atoms with E-state index in [-0.39, 0.29) is 12.4 Å². The molecule has 0 heterocycles. The lowest BCUT2D eigenvalue weighted by atomic mass is 10.1. The smallest absolute Gasteiger partial charge is 0.132 e. The maximum absolute atomic E-state index is 14.1. The monoisotopic (exact) mass is 267 g/mol. The van der Waals surface area contributed by atoms with E-state index < -0.39 is 0 Å². The van der Waals surface area contributed by atoms with Crippen molar-refractivity contribution in [2.45, 2.75) is 26.4 Å². The molecule has 0 aliphatic heterocycles. The van der Waals surface area contributed by atoms with Gasteiger partial charge in [0.05, 0.1) is 0 Å². The largest absolute Gasteiger partial charge is 0.326 e. The van der Waals surface area contributed by atoms with Crippen molar-refractivity contribution in [2.75, 3.05) is 33.7 Å². The average molecular weight is 267 g/mol. The second kappa shape index (κ2) is 8.25. The molecule has 1 rings (SSSR count). The Bertz CT molecular complexity index is 380. The Morgan fingerprint density at radius 2 is 1.84 bits per heavy atom. The molecule has 19 heavy (non-hydrogen) atoms. The highest BCUT2D eigenvalue weighted by Crippen LogP contribution is 2.14. The molecule has 0 aliphatic rings. The summed E-state index contributed by atoms with van der Waals surface area (Å²) in [5.41, 5.74) is 6.88. The molecule has 1 aromatic carbocycles. The van der Waals surface area contributed by atoms with E-state index >= 15 is 0 Å². The van der Waals surface area contributed by atoms with E-state index in [0.29, 0.717) is 12.1 Å². The standard InChI is InChI=1S/C15H26FN3/c1-4-19(10-6-9-18(2)3)12-14-8-5-7-13(11-17)15(14)16/h5,7-8H,4,6,9-12,17H2,1-3H3. The van der Waals surface area contributed by atoms with E-state index in [9.17, 15) is 4.39 Å². The van der Waals surface area contributed by atoms with Gasteiger partial charge >= 0.3 is 0 Å². The second-order valence-corrected chi connectivity index (χ2v) is 5.12. The summed E-state index contributed by atoms with van der Waals surface area (Å²) in [5, 5.41) is 0. The van der Waals surface area contributed by atoms with Crippen LogP contribution in [0.15, 0.2) is 18.2 Å². The van der Waals surface area contributed by atoms with Crippen molar-refractivity contribution in [3.63, 3.8) is 0 Å². The van der Waals surface area contributed by atoms with E-state index in [1.165, 1.54) is 0 Å². The summed E-state index contributed by atoms with van der Waals surface area (Å²) in [5.74, 6) is -0.143. The summed E-state index contributed by atoms with van der Waals surface area (Å²) >= 11 is 0. The Balaban J connectivity index is 2.60. The van der Waals surface area contributed by atoms with Crippen molar-refractivity contribution in [2.24, 2.45) is 5.73 Å². The highest BCUT2D eigenvalue weighted by molar-refractivity contribution is 5.25. The fraction of sp³-hybridized carbons (Fsp3) is 0.600. The van der Waals surface area contributed by atoms with Crippen LogP contribution in [0.25, 0.3) is 0 Å². The maximum Gasteiger partial charge on any atom is 0.132 e. The summed E-state index contributed by atoms with van der Waals surface area (Å²) in [6.45, 7) is 6.00. The van der Waals surface area contributed by atoms with Crippen LogP contribution in [0.1, 0.15) is 24.5 Å². The molecule has 4 heteroatoms. The van der Waals surface area contributed by atoms with Crippen LogP contribution in [0, 0.1) is 5.82 Å². The Kier molecular flexibility index (Phi) is 6.99. The molecule has 1 aromatic rings. The normalized spacial score (nSPS) is 11.5. The summed E-state index contributed by atoms with van der Waals surface area (Å²) in [6, 6.07) is 5.48. The lowest BCUT2D eigenvalue weighted by Gasteiger charge is -2.22. The molecule has 0 unspecified atom stereocenters. The van der Waals surface area contributed by atoms with Crippen molar-refractivity contribution in [1.82, 2.24) is 9.80 Å². The zero-order valence-electron chi connectivity index (χ0n) is 12.3. The molecule has 0 spiro atoms. The van der Waals surface area contributed by atoms with Crippen LogP contribution < -0.4 is 5.73 Å². The SMILES string of the molecule is CCN(CCCN(C)C)Cc1cccc(CN)c1F. The number of benzene rings is 1. The lowest BCUT2D eigenvalue weighted by Crippen LogP contribution is -2.27. The number of hydrogen-bond acceptors (Lipinski definition) is 3. The molecule has 0 saturated carbocycles. The molecule has 0 saturated heterocycles. The molecule has 2 N–H and O–H groups in total. The van der Waals surface area contributed by atoms with Gasteiger partial charge in [0.25, 0.3) is 0 Å². The van der Waals surface area contributed by atoms with E-state index in [2.05, 4.69) is 30.8 Å². The molecule has 3 nitrogen and oxygen atoms in total. The number of hydrogen-bond donors (Lipinski definition) is 1. The van der Waals surface area contributed by atoms with E-state index in [4.69, 9.17) is 5.73 Å². The van der Waals surface area contributed by atoms with Crippen LogP contribution in [0.3, 0.4) is 0 Å². The predicted molar refractivity (Wildman–Crippen MR) is 78.4 cm³/mol. The first-order valence-electron chi connectivity index (χ1n) is 6.91. The van der Waals surface area contributed by atoms with E-state index in [1.54, 1.807) is 6.07 Å². The van der Waals surface area contributed by atoms with Gasteiger partial charge in [-0.05, 0) is 40.2 Å². The zero-order chi connectivity index (χ0) is 14.3. The van der Waals surface area contributed by atoms with Gasteiger partial charge in [0.15, 0.2) is 0 Å². The van der Waals surface area contributed by atoms with Gasteiger partial charge in [-0.1, -0.05) is 25.1 Å². The lowest BCUT2D eigenvalue weighted by molar-refractivity contribution is 0.256. The third-order valence-electron chi connectivity index (χ3n) is 3.30. The highest BCUT2D eigenvalue weighted by atomic mass is 19.1. The van der Waals surface area contributed by atoms with Crippen molar-refractivity contribution in [3.05, 3.63) is 35.1 Å². The molecule has 0 aromatic heterocycles. The van der Waals surface area contributed by atoms with Gasteiger partial charge in [-0.3, -0.25) is 4.90 Å². The molecular weight excluding hydrogens is 241 g/mol. The first-order valence-corrected chi connectivity index (χ1v) is 6.91. The van der Waals surface area contributed by atoms with Crippen molar-refractivity contribution < 1.29 is 4.39 Å². The Labute approximate surface area is 116 Å². The zero-order valence-corrected chi connectivity index (χ0v) is 12.3. The molecule has 0 bridgehead atoms. The molecule has 0 radical (unpaired) electrons. The summed E-state index contributed by atoms with van der Waals surface area (Å²) < 4.78 is 14.1. The molecule has 0 aliphatic carbocycles. The summed E-state index contributed by atoms with van der Waals surface area (Å²) in [7, 11) is 4.14. The Morgan fingerprint density at radius 3 is 2.42 bits per heavy atom. The van der Waals surface area contributed by atoms with Gasteiger partial charge in [0.2, 0.25) is 0 Å². The third kappa shape index (κ3) is 5.27. The minimum atomic E-state index is -0.143. The predicted octanol–water partition coefficient (Wildman–Crippen LogP) is 2.06. The average Bonchev–Trinajstić information content (AvgIpc) is 2.39. The quantitative estimate of drug-likeness (QED) is 0.782. The van der Waals surface area contributed by atoms with Gasteiger partial charge < -0.3 is 10.6 Å². The van der Waals surface area contributed by atoms with Crippen LogP contribution in [-0.4, -0.2) is 43.5 Å². The number of halogens is 1. The minimum absolute atomic E-state index is 0.143. The van der Waals surface area contributed by atoms with Crippen LogP contribution in [0.4, 0.5) is 4.39 Å².